The van der Waals surface area contributed by atoms with E-state index in [2.05, 4.69) is 5.32 Å². The SMILES string of the molecule is CCNC(=O)n1oc(=O)cc1-c1ccccc1. The van der Waals surface area contributed by atoms with Crippen LogP contribution in [0.2, 0.25) is 0 Å². The molecule has 5 nitrogen and oxygen atoms in total. The Bertz CT molecular complexity index is 569. The van der Waals surface area contributed by atoms with Gasteiger partial charge in [0.1, 0.15) is 5.69 Å². The predicted molar refractivity (Wildman–Crippen MR) is 62.9 cm³/mol. The van der Waals surface area contributed by atoms with E-state index in [0.29, 0.717) is 12.2 Å². The maximum atomic E-state index is 11.7. The number of amides is 1. The van der Waals surface area contributed by atoms with Crippen molar-refractivity contribution in [2.75, 3.05) is 6.54 Å². The van der Waals surface area contributed by atoms with E-state index in [0.717, 1.165) is 10.3 Å². The van der Waals surface area contributed by atoms with E-state index < -0.39 is 11.7 Å². The Kier molecular flexibility index (Phi) is 3.09. The first-order valence-electron chi connectivity index (χ1n) is 5.29. The lowest BCUT2D eigenvalue weighted by Crippen LogP contribution is -2.28. The smallest absolute Gasteiger partial charge is 0.335 e. The van der Waals surface area contributed by atoms with E-state index in [1.165, 1.54) is 6.07 Å². The molecule has 1 heterocycles. The lowest BCUT2D eigenvalue weighted by Gasteiger charge is -2.05. The van der Waals surface area contributed by atoms with Crippen LogP contribution in [0.4, 0.5) is 4.79 Å². The summed E-state index contributed by atoms with van der Waals surface area (Å²) in [5.41, 5.74) is 0.654. The fourth-order valence-corrected chi connectivity index (χ4v) is 1.52. The second-order valence-corrected chi connectivity index (χ2v) is 3.44. The van der Waals surface area contributed by atoms with Crippen molar-refractivity contribution in [3.05, 3.63) is 46.8 Å². The first-order valence-corrected chi connectivity index (χ1v) is 5.29. The number of benzene rings is 1. The highest BCUT2D eigenvalue weighted by Gasteiger charge is 2.14. The molecular weight excluding hydrogens is 220 g/mol. The molecule has 0 spiro atoms. The van der Waals surface area contributed by atoms with Crippen molar-refractivity contribution in [3.8, 4) is 11.3 Å². The van der Waals surface area contributed by atoms with Crippen molar-refractivity contribution in [1.82, 2.24) is 10.1 Å². The average Bonchev–Trinajstić information content (AvgIpc) is 2.73. The summed E-state index contributed by atoms with van der Waals surface area (Å²) < 4.78 is 5.81. The minimum Gasteiger partial charge on any atom is -0.335 e. The Balaban J connectivity index is 2.48. The maximum Gasteiger partial charge on any atom is 0.358 e. The van der Waals surface area contributed by atoms with Crippen LogP contribution >= 0.6 is 0 Å². The topological polar surface area (TPSA) is 64.2 Å². The second-order valence-electron chi connectivity index (χ2n) is 3.44. The average molecular weight is 232 g/mol. The van der Waals surface area contributed by atoms with Gasteiger partial charge in [-0.1, -0.05) is 30.3 Å². The molecule has 88 valence electrons. The molecule has 1 N–H and O–H groups in total. The summed E-state index contributed by atoms with van der Waals surface area (Å²) >= 11 is 0. The van der Waals surface area contributed by atoms with Crippen LogP contribution in [-0.2, 0) is 0 Å². The van der Waals surface area contributed by atoms with Crippen molar-refractivity contribution in [1.29, 1.82) is 0 Å². The van der Waals surface area contributed by atoms with E-state index in [-0.39, 0.29) is 0 Å². The molecule has 0 saturated heterocycles. The van der Waals surface area contributed by atoms with Gasteiger partial charge in [0.25, 0.3) is 0 Å². The molecular formula is C12H12N2O3. The Morgan fingerprint density at radius 2 is 2.06 bits per heavy atom. The number of rotatable bonds is 2. The third-order valence-electron chi connectivity index (χ3n) is 2.24. The van der Waals surface area contributed by atoms with Crippen LogP contribution < -0.4 is 10.9 Å². The van der Waals surface area contributed by atoms with Gasteiger partial charge in [0.05, 0.1) is 6.07 Å². The fraction of sp³-hybridized carbons (Fsp3) is 0.167. The molecule has 0 radical (unpaired) electrons. The van der Waals surface area contributed by atoms with Crippen LogP contribution in [0.3, 0.4) is 0 Å². The summed E-state index contributed by atoms with van der Waals surface area (Å²) in [4.78, 5) is 22.9. The molecule has 2 rings (SSSR count). The molecule has 1 aromatic heterocycles. The first kappa shape index (κ1) is 11.2. The summed E-state index contributed by atoms with van der Waals surface area (Å²) in [6, 6.07) is 9.97. The summed E-state index contributed by atoms with van der Waals surface area (Å²) in [6.07, 6.45) is 0. The fourth-order valence-electron chi connectivity index (χ4n) is 1.52. The molecule has 1 amide bonds. The van der Waals surface area contributed by atoms with Crippen LogP contribution in [0, 0.1) is 0 Å². The predicted octanol–water partition coefficient (Wildman–Crippen LogP) is 1.69. The zero-order valence-electron chi connectivity index (χ0n) is 9.34. The molecule has 17 heavy (non-hydrogen) atoms. The lowest BCUT2D eigenvalue weighted by atomic mass is 10.1. The van der Waals surface area contributed by atoms with Gasteiger partial charge in [0.2, 0.25) is 0 Å². The summed E-state index contributed by atoms with van der Waals surface area (Å²) in [6.45, 7) is 2.26. The molecule has 1 aromatic carbocycles. The highest BCUT2D eigenvalue weighted by molar-refractivity contribution is 5.80. The van der Waals surface area contributed by atoms with Gasteiger partial charge in [-0.25, -0.2) is 9.59 Å². The molecule has 0 aliphatic rings. The third kappa shape index (κ3) is 2.28. The van der Waals surface area contributed by atoms with Crippen LogP contribution in [-0.4, -0.2) is 17.3 Å². The number of nitrogens with one attached hydrogen (secondary N) is 1. The maximum absolute atomic E-state index is 11.7. The van der Waals surface area contributed by atoms with Crippen LogP contribution in [0.5, 0.6) is 0 Å². The molecule has 0 aliphatic carbocycles. The van der Waals surface area contributed by atoms with E-state index in [1.54, 1.807) is 19.1 Å². The van der Waals surface area contributed by atoms with E-state index in [1.807, 2.05) is 18.2 Å². The van der Waals surface area contributed by atoms with Crippen molar-refractivity contribution < 1.29 is 9.32 Å². The highest BCUT2D eigenvalue weighted by atomic mass is 16.5. The van der Waals surface area contributed by atoms with Gasteiger partial charge >= 0.3 is 11.7 Å². The van der Waals surface area contributed by atoms with Crippen molar-refractivity contribution in [2.45, 2.75) is 6.92 Å². The van der Waals surface area contributed by atoms with Crippen LogP contribution in [0.15, 0.2) is 45.7 Å². The van der Waals surface area contributed by atoms with Crippen LogP contribution in [0.1, 0.15) is 6.92 Å². The van der Waals surface area contributed by atoms with Gasteiger partial charge in [0.15, 0.2) is 0 Å². The number of hydrogen-bond acceptors (Lipinski definition) is 3. The summed E-state index contributed by atoms with van der Waals surface area (Å²) in [5, 5.41) is 2.58. The minimum atomic E-state index is -0.546. The van der Waals surface area contributed by atoms with Gasteiger partial charge in [-0.15, -0.1) is 4.74 Å². The Morgan fingerprint density at radius 3 is 2.71 bits per heavy atom. The largest absolute Gasteiger partial charge is 0.358 e. The van der Waals surface area contributed by atoms with Gasteiger partial charge in [0, 0.05) is 12.1 Å². The lowest BCUT2D eigenvalue weighted by molar-refractivity contribution is 0.208. The Labute approximate surface area is 97.6 Å². The number of aromatic nitrogens is 1. The van der Waals surface area contributed by atoms with Crippen molar-refractivity contribution in [3.63, 3.8) is 0 Å². The first-order chi connectivity index (χ1) is 8.22. The zero-order valence-corrected chi connectivity index (χ0v) is 9.34. The molecule has 2 aromatic rings. The van der Waals surface area contributed by atoms with Gasteiger partial charge < -0.3 is 9.84 Å². The Hall–Kier alpha value is -2.30. The summed E-state index contributed by atoms with van der Waals surface area (Å²) in [5.74, 6) is 0. The zero-order chi connectivity index (χ0) is 12.3. The molecule has 5 heteroatoms. The van der Waals surface area contributed by atoms with E-state index in [9.17, 15) is 9.59 Å². The summed E-state index contributed by atoms with van der Waals surface area (Å²) in [7, 11) is 0. The molecule has 0 saturated carbocycles. The molecule has 0 aliphatic heterocycles. The Morgan fingerprint density at radius 1 is 1.35 bits per heavy atom. The molecule has 0 fully saturated rings. The number of hydrogen-bond donors (Lipinski definition) is 1. The minimum absolute atomic E-state index is 0.446. The quantitative estimate of drug-likeness (QED) is 0.856. The molecule has 0 atom stereocenters. The monoisotopic (exact) mass is 232 g/mol. The van der Waals surface area contributed by atoms with Gasteiger partial charge in [-0.2, -0.15) is 0 Å². The van der Waals surface area contributed by atoms with Gasteiger partial charge in [-0.3, -0.25) is 0 Å². The van der Waals surface area contributed by atoms with E-state index in [4.69, 9.17) is 4.52 Å². The third-order valence-corrected chi connectivity index (χ3v) is 2.24. The molecule has 0 bridgehead atoms. The van der Waals surface area contributed by atoms with E-state index >= 15 is 0 Å². The second kappa shape index (κ2) is 4.69. The van der Waals surface area contributed by atoms with Crippen molar-refractivity contribution >= 4 is 6.03 Å². The normalized spacial score (nSPS) is 10.2. The number of carbonyl (C=O) groups excluding carboxylic acids is 1. The standard InChI is InChI=1S/C12H12N2O3/c1-2-13-12(16)14-10(8-11(15)17-14)9-6-4-3-5-7-9/h3-8H,2H2,1H3,(H,13,16). The molecule has 0 unspecified atom stereocenters. The number of nitrogens with zero attached hydrogens (tertiary/aromatic N) is 1. The highest BCUT2D eigenvalue weighted by Crippen LogP contribution is 2.17. The van der Waals surface area contributed by atoms with Crippen LogP contribution in [0.25, 0.3) is 11.3 Å². The number of carbonyl (C=O) groups is 1. The van der Waals surface area contributed by atoms with Crippen molar-refractivity contribution in [2.24, 2.45) is 0 Å². The van der Waals surface area contributed by atoms with Gasteiger partial charge in [-0.05, 0) is 6.92 Å².